The Morgan fingerprint density at radius 1 is 1.07 bits per heavy atom. The molecule has 1 aliphatic carbocycles. The molecule has 1 aromatic carbocycles. The van der Waals surface area contributed by atoms with E-state index in [0.29, 0.717) is 18.7 Å². The third-order valence-corrected chi connectivity index (χ3v) is 6.08. The molecule has 2 atom stereocenters. The Labute approximate surface area is 164 Å². The Hall–Kier alpha value is -2.70. The summed E-state index contributed by atoms with van der Waals surface area (Å²) in [6.45, 7) is 2.37. The lowest BCUT2D eigenvalue weighted by molar-refractivity contribution is -0.142. The van der Waals surface area contributed by atoms with Crippen molar-refractivity contribution in [2.75, 3.05) is 23.3 Å². The van der Waals surface area contributed by atoms with Gasteiger partial charge in [-0.05, 0) is 49.9 Å². The third kappa shape index (κ3) is 3.30. The molecule has 4 amide bonds. The van der Waals surface area contributed by atoms with E-state index in [1.165, 1.54) is 0 Å². The first-order valence-electron chi connectivity index (χ1n) is 10.0. The zero-order valence-electron chi connectivity index (χ0n) is 16.1. The van der Waals surface area contributed by atoms with E-state index in [9.17, 15) is 19.2 Å². The minimum absolute atomic E-state index is 0.118. The van der Waals surface area contributed by atoms with Crippen molar-refractivity contribution >= 4 is 35.0 Å². The van der Waals surface area contributed by atoms with E-state index < -0.39 is 0 Å². The Balaban J connectivity index is 1.41. The Kier molecular flexibility index (Phi) is 4.91. The summed E-state index contributed by atoms with van der Waals surface area (Å²) in [5.74, 6) is -1.16. The van der Waals surface area contributed by atoms with Gasteiger partial charge in [-0.2, -0.15) is 0 Å². The zero-order chi connectivity index (χ0) is 19.8. The minimum Gasteiger partial charge on any atom is -0.325 e. The average molecular weight is 383 g/mol. The molecule has 7 nitrogen and oxygen atoms in total. The molecule has 2 saturated heterocycles. The molecule has 4 rings (SSSR count). The van der Waals surface area contributed by atoms with Gasteiger partial charge in [-0.25, -0.2) is 0 Å². The highest BCUT2D eigenvalue weighted by molar-refractivity contribution is 6.08. The van der Waals surface area contributed by atoms with Crippen LogP contribution in [0.15, 0.2) is 18.2 Å². The second kappa shape index (κ2) is 7.37. The predicted octanol–water partition coefficient (Wildman–Crippen LogP) is 2.24. The summed E-state index contributed by atoms with van der Waals surface area (Å²) in [7, 11) is 0. The largest absolute Gasteiger partial charge is 0.325 e. The van der Waals surface area contributed by atoms with E-state index in [4.69, 9.17) is 0 Å². The normalized spacial score (nSPS) is 24.7. The van der Waals surface area contributed by atoms with Gasteiger partial charge in [-0.15, -0.1) is 0 Å². The maximum Gasteiger partial charge on any atom is 0.244 e. The zero-order valence-corrected chi connectivity index (χ0v) is 16.1. The van der Waals surface area contributed by atoms with Crippen molar-refractivity contribution in [2.24, 2.45) is 11.8 Å². The fourth-order valence-corrected chi connectivity index (χ4v) is 4.67. The maximum absolute atomic E-state index is 12.5. The minimum atomic E-state index is -0.384. The van der Waals surface area contributed by atoms with Crippen LogP contribution in [0.4, 0.5) is 11.4 Å². The summed E-state index contributed by atoms with van der Waals surface area (Å²) in [6, 6.07) is 5.39. The monoisotopic (exact) mass is 383 g/mol. The van der Waals surface area contributed by atoms with E-state index in [1.807, 2.05) is 19.1 Å². The lowest BCUT2D eigenvalue weighted by Gasteiger charge is -2.19. The van der Waals surface area contributed by atoms with Crippen LogP contribution in [-0.4, -0.2) is 41.6 Å². The number of hydrogen-bond acceptors (Lipinski definition) is 4. The van der Waals surface area contributed by atoms with Crippen LogP contribution < -0.4 is 10.2 Å². The Bertz CT molecular complexity index is 826. The molecule has 2 heterocycles. The summed E-state index contributed by atoms with van der Waals surface area (Å²) in [6.07, 6.45) is 4.83. The number of carbonyl (C=O) groups is 4. The molecule has 7 heteroatoms. The van der Waals surface area contributed by atoms with Crippen molar-refractivity contribution in [1.29, 1.82) is 0 Å². The molecule has 1 N–H and O–H groups in total. The average Bonchev–Trinajstić information content (AvgIpc) is 3.19. The number of likely N-dealkylation sites (tertiary alicyclic amines) is 1. The molecule has 28 heavy (non-hydrogen) atoms. The van der Waals surface area contributed by atoms with Crippen molar-refractivity contribution in [3.8, 4) is 0 Å². The number of hydrogen-bond donors (Lipinski definition) is 1. The summed E-state index contributed by atoms with van der Waals surface area (Å²) in [4.78, 5) is 52.3. The number of benzene rings is 1. The van der Waals surface area contributed by atoms with Crippen LogP contribution in [-0.2, 0) is 19.2 Å². The van der Waals surface area contributed by atoms with Crippen molar-refractivity contribution < 1.29 is 19.2 Å². The van der Waals surface area contributed by atoms with Gasteiger partial charge in [0.15, 0.2) is 0 Å². The summed E-state index contributed by atoms with van der Waals surface area (Å²) >= 11 is 0. The first-order valence-corrected chi connectivity index (χ1v) is 10.0. The van der Waals surface area contributed by atoms with Crippen LogP contribution in [0.1, 0.15) is 44.1 Å². The molecule has 3 fully saturated rings. The molecule has 2 aliphatic heterocycles. The lowest BCUT2D eigenvalue weighted by Crippen LogP contribution is -2.38. The highest BCUT2D eigenvalue weighted by Gasteiger charge is 2.48. The number of aryl methyl sites for hydroxylation is 1. The van der Waals surface area contributed by atoms with Crippen LogP contribution in [0.2, 0.25) is 0 Å². The van der Waals surface area contributed by atoms with E-state index in [-0.39, 0.29) is 42.0 Å². The van der Waals surface area contributed by atoms with Gasteiger partial charge < -0.3 is 10.2 Å². The van der Waals surface area contributed by atoms with Crippen LogP contribution in [0.5, 0.6) is 0 Å². The first kappa shape index (κ1) is 18.7. The molecule has 0 bridgehead atoms. The van der Waals surface area contributed by atoms with Gasteiger partial charge in [0.25, 0.3) is 0 Å². The van der Waals surface area contributed by atoms with Crippen molar-refractivity contribution in [3.05, 3.63) is 23.8 Å². The number of rotatable bonds is 4. The molecule has 3 aliphatic rings. The molecule has 0 unspecified atom stereocenters. The van der Waals surface area contributed by atoms with Crippen LogP contribution in [0.3, 0.4) is 0 Å². The van der Waals surface area contributed by atoms with Crippen molar-refractivity contribution in [2.45, 2.75) is 45.4 Å². The number of fused-ring (bicyclic) bond motifs is 1. The number of nitrogens with zero attached hydrogens (tertiary/aromatic N) is 2. The standard InChI is InChI=1S/C21H25N3O4/c1-13-11-14(8-9-17(13)23-10-4-7-19(23)26)22-18(25)12-24-20(27)15-5-2-3-6-16(15)21(24)28/h8-9,11,15-16H,2-7,10,12H2,1H3,(H,22,25)/t15-,16-/m0/s1. The highest BCUT2D eigenvalue weighted by Crippen LogP contribution is 2.38. The number of carbonyl (C=O) groups excluding carboxylic acids is 4. The second-order valence-electron chi connectivity index (χ2n) is 7.96. The summed E-state index contributed by atoms with van der Waals surface area (Å²) in [5.41, 5.74) is 2.34. The smallest absolute Gasteiger partial charge is 0.244 e. The van der Waals surface area contributed by atoms with Gasteiger partial charge in [0, 0.05) is 24.3 Å². The highest BCUT2D eigenvalue weighted by atomic mass is 16.2. The fraction of sp³-hybridized carbons (Fsp3) is 0.524. The van der Waals surface area contributed by atoms with Gasteiger partial charge in [0.1, 0.15) is 6.54 Å². The second-order valence-corrected chi connectivity index (χ2v) is 7.96. The van der Waals surface area contributed by atoms with E-state index in [2.05, 4.69) is 5.32 Å². The van der Waals surface area contributed by atoms with Crippen molar-refractivity contribution in [1.82, 2.24) is 4.90 Å². The number of amides is 4. The van der Waals surface area contributed by atoms with Gasteiger partial charge in [0.05, 0.1) is 11.8 Å². The van der Waals surface area contributed by atoms with Gasteiger partial charge in [-0.1, -0.05) is 12.8 Å². The van der Waals surface area contributed by atoms with E-state index >= 15 is 0 Å². The molecule has 148 valence electrons. The number of anilines is 2. The SMILES string of the molecule is Cc1cc(NC(=O)CN2C(=O)[C@H]3CCCC[C@@H]3C2=O)ccc1N1CCCC1=O. The Morgan fingerprint density at radius 3 is 2.32 bits per heavy atom. The molecular formula is C21H25N3O4. The van der Waals surface area contributed by atoms with E-state index in [0.717, 1.165) is 48.3 Å². The quantitative estimate of drug-likeness (QED) is 0.808. The molecular weight excluding hydrogens is 358 g/mol. The van der Waals surface area contributed by atoms with Gasteiger partial charge >= 0.3 is 0 Å². The topological polar surface area (TPSA) is 86.8 Å². The van der Waals surface area contributed by atoms with Crippen LogP contribution >= 0.6 is 0 Å². The third-order valence-electron chi connectivity index (χ3n) is 6.08. The molecule has 1 saturated carbocycles. The Morgan fingerprint density at radius 2 is 1.75 bits per heavy atom. The fourth-order valence-electron chi connectivity index (χ4n) is 4.67. The number of nitrogens with one attached hydrogen (secondary N) is 1. The molecule has 0 spiro atoms. The number of imide groups is 1. The summed E-state index contributed by atoms with van der Waals surface area (Å²) in [5, 5.41) is 2.77. The maximum atomic E-state index is 12.5. The molecule has 1 aromatic rings. The first-order chi connectivity index (χ1) is 13.5. The van der Waals surface area contributed by atoms with Gasteiger partial charge in [0.2, 0.25) is 23.6 Å². The van der Waals surface area contributed by atoms with Crippen molar-refractivity contribution in [3.63, 3.8) is 0 Å². The molecule has 0 radical (unpaired) electrons. The predicted molar refractivity (Wildman–Crippen MR) is 104 cm³/mol. The summed E-state index contributed by atoms with van der Waals surface area (Å²) < 4.78 is 0. The lowest BCUT2D eigenvalue weighted by atomic mass is 9.81. The van der Waals surface area contributed by atoms with E-state index in [1.54, 1.807) is 11.0 Å². The molecule has 0 aromatic heterocycles. The van der Waals surface area contributed by atoms with Crippen LogP contribution in [0.25, 0.3) is 0 Å². The van der Waals surface area contributed by atoms with Crippen LogP contribution in [0, 0.1) is 18.8 Å². The van der Waals surface area contributed by atoms with Gasteiger partial charge in [-0.3, -0.25) is 24.1 Å².